The van der Waals surface area contributed by atoms with Crippen LogP contribution in [0.3, 0.4) is 0 Å². The standard InChI is InChI=1S/C9H17N5O4S/c1-9(2,3)18-8(15)13-4-6-14(7-5-13)19(16,17)12-11-10/h4-7H2,1-3H3. The molecule has 0 unspecified atom stereocenters. The lowest BCUT2D eigenvalue weighted by atomic mass is 10.2. The van der Waals surface area contributed by atoms with Gasteiger partial charge in [-0.25, -0.2) is 13.2 Å². The summed E-state index contributed by atoms with van der Waals surface area (Å²) in [6.45, 7) is 5.85. The Labute approximate surface area is 111 Å². The van der Waals surface area contributed by atoms with Crippen molar-refractivity contribution in [3.8, 4) is 0 Å². The quantitative estimate of drug-likeness (QED) is 0.430. The molecule has 9 nitrogen and oxygen atoms in total. The maximum Gasteiger partial charge on any atom is 0.410 e. The number of rotatable bonds is 2. The summed E-state index contributed by atoms with van der Waals surface area (Å²) in [7, 11) is -3.95. The summed E-state index contributed by atoms with van der Waals surface area (Å²) in [6, 6.07) is 0. The highest BCUT2D eigenvalue weighted by molar-refractivity contribution is 7.87. The Kier molecular flexibility index (Phi) is 4.61. The summed E-state index contributed by atoms with van der Waals surface area (Å²) in [5, 5.41) is 0. The van der Waals surface area contributed by atoms with Crippen LogP contribution < -0.4 is 0 Å². The number of piperazine rings is 1. The van der Waals surface area contributed by atoms with Crippen LogP contribution in [0.25, 0.3) is 10.4 Å². The first-order chi connectivity index (χ1) is 8.65. The van der Waals surface area contributed by atoms with Gasteiger partial charge in [0.05, 0.1) is 0 Å². The van der Waals surface area contributed by atoms with Gasteiger partial charge in [-0.1, -0.05) is 0 Å². The van der Waals surface area contributed by atoms with Crippen molar-refractivity contribution in [2.75, 3.05) is 26.2 Å². The maximum atomic E-state index is 11.7. The summed E-state index contributed by atoms with van der Waals surface area (Å²) >= 11 is 0. The number of carbonyl (C=O) groups is 1. The molecule has 108 valence electrons. The van der Waals surface area contributed by atoms with E-state index in [2.05, 4.69) is 9.43 Å². The van der Waals surface area contributed by atoms with Gasteiger partial charge in [0.15, 0.2) is 0 Å². The van der Waals surface area contributed by atoms with Gasteiger partial charge in [-0.2, -0.15) is 4.31 Å². The van der Waals surface area contributed by atoms with E-state index in [0.29, 0.717) is 0 Å². The average Bonchev–Trinajstić information content (AvgIpc) is 2.27. The first kappa shape index (κ1) is 15.5. The second-order valence-electron chi connectivity index (χ2n) is 5.02. The van der Waals surface area contributed by atoms with Gasteiger partial charge in [0.25, 0.3) is 0 Å². The van der Waals surface area contributed by atoms with Crippen LogP contribution in [0.4, 0.5) is 4.79 Å². The van der Waals surface area contributed by atoms with Crippen molar-refractivity contribution in [3.05, 3.63) is 10.4 Å². The summed E-state index contributed by atoms with van der Waals surface area (Å²) in [6.07, 6.45) is -0.478. The summed E-state index contributed by atoms with van der Waals surface area (Å²) in [5.74, 6) is 0. The van der Waals surface area contributed by atoms with Crippen molar-refractivity contribution in [1.29, 1.82) is 0 Å². The van der Waals surface area contributed by atoms with Gasteiger partial charge in [-0.05, 0) is 26.3 Å². The van der Waals surface area contributed by atoms with Gasteiger partial charge in [-0.3, -0.25) is 0 Å². The van der Waals surface area contributed by atoms with Crippen molar-refractivity contribution in [3.63, 3.8) is 0 Å². The van der Waals surface area contributed by atoms with Gasteiger partial charge in [0, 0.05) is 35.6 Å². The van der Waals surface area contributed by atoms with Crippen LogP contribution in [0.15, 0.2) is 4.52 Å². The van der Waals surface area contributed by atoms with E-state index in [9.17, 15) is 13.2 Å². The van der Waals surface area contributed by atoms with Crippen molar-refractivity contribution in [1.82, 2.24) is 9.21 Å². The van der Waals surface area contributed by atoms with Gasteiger partial charge in [0.2, 0.25) is 0 Å². The van der Waals surface area contributed by atoms with E-state index in [0.717, 1.165) is 4.31 Å². The topological polar surface area (TPSA) is 116 Å². The molecule has 1 heterocycles. The smallest absolute Gasteiger partial charge is 0.410 e. The summed E-state index contributed by atoms with van der Waals surface area (Å²) in [4.78, 5) is 15.4. The molecule has 1 amide bonds. The average molecular weight is 291 g/mol. The SMILES string of the molecule is CC(C)(C)OC(=O)N1CCN(S(=O)(=O)N=[N+]=[N-])CC1. The predicted octanol–water partition coefficient (Wildman–Crippen LogP) is 1.09. The second kappa shape index (κ2) is 5.64. The molecule has 0 aromatic rings. The Morgan fingerprint density at radius 3 is 2.21 bits per heavy atom. The van der Waals surface area contributed by atoms with E-state index in [1.54, 1.807) is 20.8 Å². The minimum absolute atomic E-state index is 0.0839. The monoisotopic (exact) mass is 291 g/mol. The lowest BCUT2D eigenvalue weighted by Crippen LogP contribution is -2.51. The highest BCUT2D eigenvalue weighted by Crippen LogP contribution is 2.13. The Morgan fingerprint density at radius 1 is 1.26 bits per heavy atom. The summed E-state index contributed by atoms with van der Waals surface area (Å²) in [5.41, 5.74) is 7.58. The molecule has 0 saturated carbocycles. The highest BCUT2D eigenvalue weighted by Gasteiger charge is 2.30. The number of ether oxygens (including phenoxy) is 1. The fraction of sp³-hybridized carbons (Fsp3) is 0.889. The van der Waals surface area contributed by atoms with Crippen molar-refractivity contribution in [2.45, 2.75) is 26.4 Å². The van der Waals surface area contributed by atoms with Crippen LogP contribution in [0.1, 0.15) is 20.8 Å². The summed E-state index contributed by atoms with van der Waals surface area (Å²) < 4.78 is 31.9. The van der Waals surface area contributed by atoms with Gasteiger partial charge in [-0.15, -0.1) is 0 Å². The highest BCUT2D eigenvalue weighted by atomic mass is 32.2. The van der Waals surface area contributed by atoms with Crippen LogP contribution in [0, 0.1) is 0 Å². The Bertz CT molecular complexity index is 483. The van der Waals surface area contributed by atoms with Gasteiger partial charge < -0.3 is 9.64 Å². The molecule has 1 aliphatic rings. The number of amides is 1. The Balaban J connectivity index is 2.59. The van der Waals surface area contributed by atoms with Crippen LogP contribution in [0.5, 0.6) is 0 Å². The van der Waals surface area contributed by atoms with E-state index >= 15 is 0 Å². The van der Waals surface area contributed by atoms with Crippen LogP contribution in [0.2, 0.25) is 0 Å². The molecular weight excluding hydrogens is 274 g/mol. The molecule has 0 aliphatic carbocycles. The number of hydrogen-bond acceptors (Lipinski definition) is 4. The van der Waals surface area contributed by atoms with Crippen LogP contribution in [-0.2, 0) is 14.9 Å². The minimum atomic E-state index is -3.95. The fourth-order valence-corrected chi connectivity index (χ4v) is 2.35. The molecule has 10 heteroatoms. The van der Waals surface area contributed by atoms with Crippen molar-refractivity contribution in [2.24, 2.45) is 4.52 Å². The number of carbonyl (C=O) groups excluding carboxylic acids is 1. The Morgan fingerprint density at radius 2 is 1.79 bits per heavy atom. The van der Waals surface area contributed by atoms with Crippen LogP contribution in [-0.4, -0.2) is 55.5 Å². The molecule has 0 spiro atoms. The molecule has 1 aliphatic heterocycles. The normalized spacial score (nSPS) is 17.7. The van der Waals surface area contributed by atoms with E-state index in [-0.39, 0.29) is 26.2 Å². The zero-order chi connectivity index (χ0) is 14.7. The molecule has 0 radical (unpaired) electrons. The third-order valence-corrected chi connectivity index (χ3v) is 3.65. The molecule has 0 aromatic carbocycles. The molecule has 0 aromatic heterocycles. The number of nitrogens with zero attached hydrogens (tertiary/aromatic N) is 5. The molecular formula is C9H17N5O4S. The molecule has 0 N–H and O–H groups in total. The molecule has 1 fully saturated rings. The van der Waals surface area contributed by atoms with E-state index in [4.69, 9.17) is 10.3 Å². The third kappa shape index (κ3) is 4.58. The molecule has 1 saturated heterocycles. The maximum absolute atomic E-state index is 11.7. The second-order valence-corrected chi connectivity index (χ2v) is 6.59. The zero-order valence-electron chi connectivity index (χ0n) is 11.1. The lowest BCUT2D eigenvalue weighted by Gasteiger charge is -2.34. The molecule has 1 rings (SSSR count). The van der Waals surface area contributed by atoms with Crippen molar-refractivity contribution < 1.29 is 17.9 Å². The fourth-order valence-electron chi connectivity index (χ4n) is 1.53. The first-order valence-corrected chi connectivity index (χ1v) is 7.10. The lowest BCUT2D eigenvalue weighted by molar-refractivity contribution is 0.0192. The van der Waals surface area contributed by atoms with Gasteiger partial charge in [0.1, 0.15) is 5.60 Å². The van der Waals surface area contributed by atoms with E-state index in [1.807, 2.05) is 0 Å². The number of hydrogen-bond donors (Lipinski definition) is 0. The van der Waals surface area contributed by atoms with E-state index < -0.39 is 21.9 Å². The molecule has 19 heavy (non-hydrogen) atoms. The largest absolute Gasteiger partial charge is 0.444 e. The number of azide groups is 1. The molecule has 0 atom stereocenters. The first-order valence-electron chi connectivity index (χ1n) is 5.70. The van der Waals surface area contributed by atoms with Gasteiger partial charge >= 0.3 is 16.3 Å². The predicted molar refractivity (Wildman–Crippen MR) is 67.4 cm³/mol. The van der Waals surface area contributed by atoms with Crippen LogP contribution >= 0.6 is 0 Å². The minimum Gasteiger partial charge on any atom is -0.444 e. The van der Waals surface area contributed by atoms with E-state index in [1.165, 1.54) is 4.90 Å². The Hall–Kier alpha value is -1.51. The zero-order valence-corrected chi connectivity index (χ0v) is 11.9. The third-order valence-electron chi connectivity index (χ3n) is 2.36. The van der Waals surface area contributed by atoms with Crippen molar-refractivity contribution >= 4 is 16.3 Å². The molecule has 0 bridgehead atoms.